The van der Waals surface area contributed by atoms with Gasteiger partial charge in [-0.3, -0.25) is 4.79 Å². The molecule has 2 aliphatic rings. The first kappa shape index (κ1) is 23.8. The molecule has 3 N–H and O–H groups in total. The van der Waals surface area contributed by atoms with Crippen LogP contribution in [0.5, 0.6) is 0 Å². The Kier molecular flexibility index (Phi) is 6.64. The molecule has 1 unspecified atom stereocenters. The van der Waals surface area contributed by atoms with Gasteiger partial charge in [0.1, 0.15) is 12.1 Å². The van der Waals surface area contributed by atoms with E-state index in [0.29, 0.717) is 19.3 Å². The minimum Gasteiger partial charge on any atom is -0.480 e. The molecule has 0 heterocycles. The number of fused-ring (bicyclic) bond motifs is 3. The lowest BCUT2D eigenvalue weighted by molar-refractivity contribution is -0.149. The summed E-state index contributed by atoms with van der Waals surface area (Å²) in [4.78, 5) is 37.4. The summed E-state index contributed by atoms with van der Waals surface area (Å²) in [5, 5.41) is 15.2. The molecule has 34 heavy (non-hydrogen) atoms. The Hall–Kier alpha value is -3.35. The third-order valence-corrected chi connectivity index (χ3v) is 7.51. The van der Waals surface area contributed by atoms with E-state index in [0.717, 1.165) is 35.1 Å². The quantitative estimate of drug-likeness (QED) is 0.535. The third-order valence-electron chi connectivity index (χ3n) is 7.51. The highest BCUT2D eigenvalue weighted by Gasteiger charge is 2.45. The van der Waals surface area contributed by atoms with Gasteiger partial charge in [0.05, 0.1) is 5.41 Å². The van der Waals surface area contributed by atoms with Crippen LogP contribution in [0.2, 0.25) is 0 Å². The summed E-state index contributed by atoms with van der Waals surface area (Å²) in [6.45, 7) is 3.83. The van der Waals surface area contributed by atoms with Gasteiger partial charge in [-0.15, -0.1) is 0 Å². The molecule has 0 saturated heterocycles. The van der Waals surface area contributed by atoms with Crippen molar-refractivity contribution in [3.63, 3.8) is 0 Å². The summed E-state index contributed by atoms with van der Waals surface area (Å²) in [7, 11) is 0. The van der Waals surface area contributed by atoms with Crippen molar-refractivity contribution < 1.29 is 24.2 Å². The van der Waals surface area contributed by atoms with E-state index in [9.17, 15) is 19.5 Å². The maximum Gasteiger partial charge on any atom is 0.407 e. The summed E-state index contributed by atoms with van der Waals surface area (Å²) in [5.74, 6) is -1.41. The SMILES string of the molecule is CCC(C)(CNC(=O)OCC1c2ccccc2-c2ccccc21)C(=O)NC1(C(=O)O)CCCC1. The lowest BCUT2D eigenvalue weighted by Gasteiger charge is -2.33. The van der Waals surface area contributed by atoms with Crippen molar-refractivity contribution in [3.8, 4) is 11.1 Å². The second kappa shape index (κ2) is 9.49. The van der Waals surface area contributed by atoms with Crippen LogP contribution in [0, 0.1) is 5.41 Å². The largest absolute Gasteiger partial charge is 0.480 e. The summed E-state index contributed by atoms with van der Waals surface area (Å²) >= 11 is 0. The number of carbonyl (C=O) groups excluding carboxylic acids is 2. The van der Waals surface area contributed by atoms with Gasteiger partial charge >= 0.3 is 12.1 Å². The topological polar surface area (TPSA) is 105 Å². The first-order valence-electron chi connectivity index (χ1n) is 11.9. The lowest BCUT2D eigenvalue weighted by Crippen LogP contribution is -2.58. The van der Waals surface area contributed by atoms with Crippen molar-refractivity contribution in [2.24, 2.45) is 5.41 Å². The fourth-order valence-corrected chi connectivity index (χ4v) is 5.02. The van der Waals surface area contributed by atoms with Gasteiger partial charge in [-0.1, -0.05) is 68.3 Å². The molecule has 4 rings (SSSR count). The zero-order valence-electron chi connectivity index (χ0n) is 19.7. The first-order chi connectivity index (χ1) is 16.3. The smallest absolute Gasteiger partial charge is 0.407 e. The number of carboxylic acids is 1. The van der Waals surface area contributed by atoms with E-state index in [4.69, 9.17) is 4.74 Å². The molecule has 7 heteroatoms. The van der Waals surface area contributed by atoms with Crippen LogP contribution < -0.4 is 10.6 Å². The Morgan fingerprint density at radius 1 is 1.03 bits per heavy atom. The first-order valence-corrected chi connectivity index (χ1v) is 11.9. The second-order valence-electron chi connectivity index (χ2n) is 9.64. The Morgan fingerprint density at radius 2 is 1.59 bits per heavy atom. The van der Waals surface area contributed by atoms with Crippen LogP contribution >= 0.6 is 0 Å². The molecule has 2 aliphatic carbocycles. The van der Waals surface area contributed by atoms with E-state index in [1.165, 1.54) is 0 Å². The molecule has 1 atom stereocenters. The number of nitrogens with one attached hydrogen (secondary N) is 2. The monoisotopic (exact) mass is 464 g/mol. The van der Waals surface area contributed by atoms with Gasteiger partial charge in [0, 0.05) is 12.5 Å². The summed E-state index contributed by atoms with van der Waals surface area (Å²) in [6.07, 6.45) is 2.24. The molecule has 1 fully saturated rings. The second-order valence-corrected chi connectivity index (χ2v) is 9.64. The highest BCUT2D eigenvalue weighted by molar-refractivity contribution is 5.90. The zero-order valence-corrected chi connectivity index (χ0v) is 19.7. The van der Waals surface area contributed by atoms with Gasteiger partial charge in [0.15, 0.2) is 0 Å². The number of rotatable bonds is 8. The van der Waals surface area contributed by atoms with Crippen LogP contribution in [0.15, 0.2) is 48.5 Å². The lowest BCUT2D eigenvalue weighted by atomic mass is 9.84. The van der Waals surface area contributed by atoms with E-state index >= 15 is 0 Å². The van der Waals surface area contributed by atoms with Gasteiger partial charge in [0.2, 0.25) is 5.91 Å². The number of carboxylic acid groups (broad SMARTS) is 1. The molecule has 0 bridgehead atoms. The fraction of sp³-hybridized carbons (Fsp3) is 0.444. The Labute approximate surface area is 199 Å². The van der Waals surface area contributed by atoms with Crippen LogP contribution in [0.3, 0.4) is 0 Å². The number of hydrogen-bond donors (Lipinski definition) is 3. The molecule has 1 saturated carbocycles. The molecule has 7 nitrogen and oxygen atoms in total. The predicted molar refractivity (Wildman–Crippen MR) is 128 cm³/mol. The van der Waals surface area contributed by atoms with Crippen LogP contribution in [-0.4, -0.2) is 41.8 Å². The van der Waals surface area contributed by atoms with Crippen LogP contribution in [0.1, 0.15) is 63.0 Å². The van der Waals surface area contributed by atoms with Gasteiger partial charge < -0.3 is 20.5 Å². The molecule has 2 aromatic rings. The number of alkyl carbamates (subject to hydrolysis) is 1. The van der Waals surface area contributed by atoms with Gasteiger partial charge in [-0.05, 0) is 48.4 Å². The van der Waals surface area contributed by atoms with Gasteiger partial charge in [-0.2, -0.15) is 0 Å². The third kappa shape index (κ3) is 4.39. The van der Waals surface area contributed by atoms with Crippen molar-refractivity contribution in [3.05, 3.63) is 59.7 Å². The maximum absolute atomic E-state index is 13.0. The highest BCUT2D eigenvalue weighted by Crippen LogP contribution is 2.44. The number of aliphatic carboxylic acids is 1. The molecule has 0 radical (unpaired) electrons. The van der Waals surface area contributed by atoms with Crippen molar-refractivity contribution >= 4 is 18.0 Å². The summed E-state index contributed by atoms with van der Waals surface area (Å²) in [5.41, 5.74) is 2.41. The minimum atomic E-state index is -1.21. The van der Waals surface area contributed by atoms with E-state index in [-0.39, 0.29) is 25.0 Å². The number of carbonyl (C=O) groups is 3. The van der Waals surface area contributed by atoms with E-state index in [1.54, 1.807) is 6.92 Å². The molecule has 2 aromatic carbocycles. The standard InChI is InChI=1S/C27H32N2O5/c1-3-26(2,23(30)29-27(24(31)32)14-8-9-15-27)17-28-25(33)34-16-22-20-12-6-4-10-18(20)19-11-5-7-13-21(19)22/h4-7,10-13,22H,3,8-9,14-17H2,1-2H3,(H,28,33)(H,29,30)(H,31,32). The van der Waals surface area contributed by atoms with Gasteiger partial charge in [-0.25, -0.2) is 9.59 Å². The Bertz CT molecular complexity index is 1050. The average molecular weight is 465 g/mol. The molecule has 2 amide bonds. The van der Waals surface area contributed by atoms with Crippen LogP contribution in [-0.2, 0) is 14.3 Å². The molecule has 0 spiro atoms. The van der Waals surface area contributed by atoms with Crippen molar-refractivity contribution in [2.45, 2.75) is 57.4 Å². The van der Waals surface area contributed by atoms with Crippen LogP contribution in [0.25, 0.3) is 11.1 Å². The van der Waals surface area contributed by atoms with E-state index in [2.05, 4.69) is 34.9 Å². The van der Waals surface area contributed by atoms with Crippen molar-refractivity contribution in [1.29, 1.82) is 0 Å². The van der Waals surface area contributed by atoms with Crippen LogP contribution in [0.4, 0.5) is 4.79 Å². The van der Waals surface area contributed by atoms with E-state index < -0.39 is 23.0 Å². The fourth-order valence-electron chi connectivity index (χ4n) is 5.02. The number of hydrogen-bond acceptors (Lipinski definition) is 4. The van der Waals surface area contributed by atoms with Gasteiger partial charge in [0.25, 0.3) is 0 Å². The number of benzene rings is 2. The van der Waals surface area contributed by atoms with Crippen molar-refractivity contribution in [2.75, 3.05) is 13.2 Å². The number of ether oxygens (including phenoxy) is 1. The molecular formula is C27H32N2O5. The normalized spacial score (nSPS) is 17.8. The average Bonchev–Trinajstić information content (AvgIpc) is 3.45. The predicted octanol–water partition coefficient (Wildman–Crippen LogP) is 4.46. The summed E-state index contributed by atoms with van der Waals surface area (Å²) < 4.78 is 5.57. The molecule has 0 aromatic heterocycles. The zero-order chi connectivity index (χ0) is 24.3. The highest BCUT2D eigenvalue weighted by atomic mass is 16.5. The Balaban J connectivity index is 1.37. The van der Waals surface area contributed by atoms with Crippen molar-refractivity contribution in [1.82, 2.24) is 10.6 Å². The van der Waals surface area contributed by atoms with E-state index in [1.807, 2.05) is 31.2 Å². The summed E-state index contributed by atoms with van der Waals surface area (Å²) in [6, 6.07) is 16.2. The maximum atomic E-state index is 13.0. The molecular weight excluding hydrogens is 432 g/mol. The Morgan fingerprint density at radius 3 is 2.12 bits per heavy atom. The number of amides is 2. The molecule has 0 aliphatic heterocycles. The minimum absolute atomic E-state index is 0.0446. The molecule has 180 valence electrons.